The molecule has 0 fully saturated rings. The quantitative estimate of drug-likeness (QED) is 0.647. The molecule has 1 aliphatic heterocycles. The summed E-state index contributed by atoms with van der Waals surface area (Å²) in [6.45, 7) is 0. The molecule has 0 saturated heterocycles. The predicted molar refractivity (Wildman–Crippen MR) is 106 cm³/mol. The summed E-state index contributed by atoms with van der Waals surface area (Å²) in [4.78, 5) is 42.8. The molecule has 1 aliphatic rings. The number of esters is 2. The van der Waals surface area contributed by atoms with Gasteiger partial charge in [0.25, 0.3) is 0 Å². The maximum atomic E-state index is 12.7. The van der Waals surface area contributed by atoms with Gasteiger partial charge in [0.2, 0.25) is 0 Å². The molecule has 148 valence electrons. The summed E-state index contributed by atoms with van der Waals surface area (Å²) in [6, 6.07) is 8.10. The largest absolute Gasteiger partial charge is 0.467 e. The highest BCUT2D eigenvalue weighted by Crippen LogP contribution is 2.34. The van der Waals surface area contributed by atoms with E-state index in [4.69, 9.17) is 9.47 Å². The molecular formula is C19H16N4O5S. The van der Waals surface area contributed by atoms with E-state index >= 15 is 0 Å². The Balaban J connectivity index is 2.05. The highest BCUT2D eigenvalue weighted by atomic mass is 32.1. The van der Waals surface area contributed by atoms with Crippen molar-refractivity contribution in [2.75, 3.05) is 19.5 Å². The van der Waals surface area contributed by atoms with Gasteiger partial charge in [-0.3, -0.25) is 4.79 Å². The highest BCUT2D eigenvalue weighted by molar-refractivity contribution is 7.13. The van der Waals surface area contributed by atoms with Crippen molar-refractivity contribution >= 4 is 29.0 Å². The number of hydrogen-bond acceptors (Lipinski definition) is 9. The molecule has 0 radical (unpaired) electrons. The second-order valence-electron chi connectivity index (χ2n) is 6.17. The number of nitrogens with one attached hydrogen (secondary N) is 1. The molecule has 4 rings (SSSR count). The minimum Gasteiger partial charge on any atom is -0.467 e. The third-order valence-corrected chi connectivity index (χ3v) is 5.42. The summed E-state index contributed by atoms with van der Waals surface area (Å²) in [5, 5.41) is 9.26. The number of ether oxygens (including phenoxy) is 2. The number of nitrogens with zero attached hydrogens (tertiary/aromatic N) is 3. The first-order chi connectivity index (χ1) is 14.0. The van der Waals surface area contributed by atoms with E-state index in [1.54, 1.807) is 41.8 Å². The molecule has 3 heterocycles. The van der Waals surface area contributed by atoms with E-state index in [0.29, 0.717) is 16.1 Å². The number of methoxy groups -OCH3 is 2. The van der Waals surface area contributed by atoms with Crippen molar-refractivity contribution in [3.05, 3.63) is 52.1 Å². The number of fused-ring (bicyclic) bond motifs is 3. The van der Waals surface area contributed by atoms with Crippen LogP contribution < -0.4 is 10.9 Å². The fourth-order valence-electron chi connectivity index (χ4n) is 3.21. The van der Waals surface area contributed by atoms with Gasteiger partial charge in [0.05, 0.1) is 19.1 Å². The van der Waals surface area contributed by atoms with Gasteiger partial charge in [-0.15, -0.1) is 11.3 Å². The van der Waals surface area contributed by atoms with Crippen molar-refractivity contribution in [3.63, 3.8) is 0 Å². The minimum absolute atomic E-state index is 0.0839. The van der Waals surface area contributed by atoms with Crippen LogP contribution in [0.1, 0.15) is 6.04 Å². The van der Waals surface area contributed by atoms with Crippen molar-refractivity contribution in [2.45, 2.75) is 12.1 Å². The number of hydrogen-bond donors (Lipinski definition) is 1. The summed E-state index contributed by atoms with van der Waals surface area (Å²) in [6.07, 6.45) is 0. The summed E-state index contributed by atoms with van der Waals surface area (Å²) >= 11 is 1.32. The maximum absolute atomic E-state index is 12.7. The van der Waals surface area contributed by atoms with Crippen LogP contribution in [-0.4, -0.2) is 47.0 Å². The standard InChI is InChI=1S/C19H16N4O5S/c1-27-18(25)14-15(19(26)28-2)23-16(10-6-3-4-7-11(10)20-14)21-17(24)13(22-23)12-8-5-9-29-12/h3-9,14-15,20H,1-2H3/t14-,15-/m1/s1. The lowest BCUT2D eigenvalue weighted by molar-refractivity contribution is -0.152. The number of benzene rings is 1. The van der Waals surface area contributed by atoms with Gasteiger partial charge in [-0.2, -0.15) is 10.1 Å². The van der Waals surface area contributed by atoms with Crippen molar-refractivity contribution in [2.24, 2.45) is 0 Å². The van der Waals surface area contributed by atoms with Crippen LogP contribution in [-0.2, 0) is 19.1 Å². The Morgan fingerprint density at radius 2 is 1.86 bits per heavy atom. The average molecular weight is 412 g/mol. The molecule has 29 heavy (non-hydrogen) atoms. The van der Waals surface area contributed by atoms with Gasteiger partial charge in [0.15, 0.2) is 23.6 Å². The first-order valence-electron chi connectivity index (χ1n) is 8.61. The SMILES string of the molecule is COC(=O)[C@@H]1Nc2ccccc2-c2nc(=O)c(-c3cccs3)nn2[C@H]1C(=O)OC. The number of anilines is 1. The molecule has 0 spiro atoms. The normalized spacial score (nSPS) is 17.3. The molecule has 10 heteroatoms. The van der Waals surface area contributed by atoms with Gasteiger partial charge >= 0.3 is 17.5 Å². The number of carbonyl (C=O) groups excluding carboxylic acids is 2. The lowest BCUT2D eigenvalue weighted by Gasteiger charge is -2.24. The molecule has 0 saturated carbocycles. The summed E-state index contributed by atoms with van der Waals surface area (Å²) in [5.74, 6) is -1.25. The van der Waals surface area contributed by atoms with Crippen LogP contribution in [0.15, 0.2) is 46.6 Å². The van der Waals surface area contributed by atoms with Crippen molar-refractivity contribution < 1.29 is 19.1 Å². The van der Waals surface area contributed by atoms with Crippen molar-refractivity contribution in [1.82, 2.24) is 14.8 Å². The van der Waals surface area contributed by atoms with Crippen LogP contribution in [0, 0.1) is 0 Å². The number of thiophene rings is 1. The minimum atomic E-state index is -1.23. The molecule has 0 aliphatic carbocycles. The van der Waals surface area contributed by atoms with E-state index in [0.717, 1.165) is 0 Å². The summed E-state index contributed by atoms with van der Waals surface area (Å²) < 4.78 is 11.1. The van der Waals surface area contributed by atoms with Crippen LogP contribution in [0.25, 0.3) is 22.0 Å². The number of aromatic nitrogens is 3. The van der Waals surface area contributed by atoms with Crippen molar-refractivity contribution in [1.29, 1.82) is 0 Å². The molecule has 0 amide bonds. The lowest BCUT2D eigenvalue weighted by atomic mass is 10.1. The first-order valence-corrected chi connectivity index (χ1v) is 9.49. The molecule has 9 nitrogen and oxygen atoms in total. The second-order valence-corrected chi connectivity index (χ2v) is 7.12. The highest BCUT2D eigenvalue weighted by Gasteiger charge is 2.42. The lowest BCUT2D eigenvalue weighted by Crippen LogP contribution is -2.44. The Morgan fingerprint density at radius 3 is 2.55 bits per heavy atom. The van der Waals surface area contributed by atoms with E-state index in [1.165, 1.54) is 30.2 Å². The summed E-state index contributed by atoms with van der Waals surface area (Å²) in [7, 11) is 2.44. The van der Waals surface area contributed by atoms with Gasteiger partial charge in [0.1, 0.15) is 0 Å². The Bertz CT molecular complexity index is 1140. The van der Waals surface area contributed by atoms with Crippen LogP contribution in [0.5, 0.6) is 0 Å². The van der Waals surface area contributed by atoms with E-state index in [-0.39, 0.29) is 11.5 Å². The van der Waals surface area contributed by atoms with E-state index in [2.05, 4.69) is 15.4 Å². The second kappa shape index (κ2) is 7.47. The van der Waals surface area contributed by atoms with Crippen molar-refractivity contribution in [3.8, 4) is 22.0 Å². The van der Waals surface area contributed by atoms with E-state index in [9.17, 15) is 14.4 Å². The van der Waals surface area contributed by atoms with Gasteiger partial charge in [-0.25, -0.2) is 14.3 Å². The Kier molecular flexibility index (Phi) is 4.85. The summed E-state index contributed by atoms with van der Waals surface area (Å²) in [5.41, 5.74) is 0.588. The third kappa shape index (κ3) is 3.17. The van der Waals surface area contributed by atoms with Gasteiger partial charge in [-0.05, 0) is 23.6 Å². The van der Waals surface area contributed by atoms with Crippen LogP contribution in [0.2, 0.25) is 0 Å². The topological polar surface area (TPSA) is 112 Å². The number of carbonyl (C=O) groups is 2. The Labute approximate surface area is 168 Å². The van der Waals surface area contributed by atoms with E-state index < -0.39 is 29.6 Å². The number of para-hydroxylation sites is 1. The predicted octanol–water partition coefficient (Wildman–Crippen LogP) is 1.71. The maximum Gasteiger partial charge on any atom is 0.333 e. The van der Waals surface area contributed by atoms with Gasteiger partial charge in [-0.1, -0.05) is 18.2 Å². The molecular weight excluding hydrogens is 396 g/mol. The van der Waals surface area contributed by atoms with Crippen LogP contribution >= 0.6 is 11.3 Å². The van der Waals surface area contributed by atoms with Gasteiger partial charge < -0.3 is 14.8 Å². The van der Waals surface area contributed by atoms with Gasteiger partial charge in [0, 0.05) is 11.3 Å². The molecule has 1 N–H and O–H groups in total. The molecule has 3 aromatic rings. The van der Waals surface area contributed by atoms with Crippen LogP contribution in [0.4, 0.5) is 5.69 Å². The zero-order chi connectivity index (χ0) is 20.5. The molecule has 2 aromatic heterocycles. The zero-order valence-electron chi connectivity index (χ0n) is 15.5. The monoisotopic (exact) mass is 412 g/mol. The van der Waals surface area contributed by atoms with Crippen LogP contribution in [0.3, 0.4) is 0 Å². The first kappa shape index (κ1) is 18.8. The smallest absolute Gasteiger partial charge is 0.333 e. The third-order valence-electron chi connectivity index (χ3n) is 4.55. The molecule has 0 unspecified atom stereocenters. The Hall–Kier alpha value is -3.53. The fourth-order valence-corrected chi connectivity index (χ4v) is 3.91. The number of rotatable bonds is 3. The molecule has 1 aromatic carbocycles. The molecule has 0 bridgehead atoms. The van der Waals surface area contributed by atoms with E-state index in [1.807, 2.05) is 0 Å². The fraction of sp³-hybridized carbons (Fsp3) is 0.211. The average Bonchev–Trinajstić information content (AvgIpc) is 3.23. The molecule has 2 atom stereocenters. The zero-order valence-corrected chi connectivity index (χ0v) is 16.3. The Morgan fingerprint density at radius 1 is 1.10 bits per heavy atom.